The predicted molar refractivity (Wildman–Crippen MR) is 145 cm³/mol. The standard InChI is InChI=1S/C26H32Cl2F4N4O3S/c1-23(2)20(21(37)35-8-6-26(31,32)7-9-35)33-22(34-23)24-13-25(14-24,15-24)36(40(38,39)10-5-19(29)30)12-16-3-4-17(27)18(28)11-16/h3-4,11,19-20H,5-10,12-15H2,1-2H3,(H,33,34)/t20-,24?,25?/m0/s1. The fourth-order valence-electron chi connectivity index (χ4n) is 6.53. The van der Waals surface area contributed by atoms with Gasteiger partial charge in [-0.2, -0.15) is 4.31 Å². The van der Waals surface area contributed by atoms with Gasteiger partial charge in [-0.3, -0.25) is 9.79 Å². The zero-order valence-corrected chi connectivity index (χ0v) is 24.5. The summed E-state index contributed by atoms with van der Waals surface area (Å²) in [6, 6.07) is 4.06. The van der Waals surface area contributed by atoms with Crippen LogP contribution in [-0.2, 0) is 21.4 Å². The molecule has 3 aliphatic carbocycles. The Balaban J connectivity index is 1.31. The molecule has 2 heterocycles. The molecular formula is C26H32Cl2F4N4O3S. The van der Waals surface area contributed by atoms with Crippen LogP contribution >= 0.6 is 23.2 Å². The lowest BCUT2D eigenvalue weighted by atomic mass is 9.38. The lowest BCUT2D eigenvalue weighted by Gasteiger charge is -2.73. The highest BCUT2D eigenvalue weighted by Gasteiger charge is 2.75. The first-order valence-corrected chi connectivity index (χ1v) is 15.6. The van der Waals surface area contributed by atoms with E-state index in [1.165, 1.54) is 9.21 Å². The molecule has 1 saturated heterocycles. The van der Waals surface area contributed by atoms with E-state index in [4.69, 9.17) is 28.2 Å². The summed E-state index contributed by atoms with van der Waals surface area (Å²) >= 11 is 12.1. The monoisotopic (exact) mass is 626 g/mol. The van der Waals surface area contributed by atoms with Crippen LogP contribution in [0, 0.1) is 5.41 Å². The predicted octanol–water partition coefficient (Wildman–Crippen LogP) is 5.11. The van der Waals surface area contributed by atoms with Crippen LogP contribution in [0.1, 0.15) is 57.9 Å². The Morgan fingerprint density at radius 1 is 1.15 bits per heavy atom. The lowest BCUT2D eigenvalue weighted by molar-refractivity contribution is -0.151. The molecule has 1 aromatic carbocycles. The molecule has 1 N–H and O–H groups in total. The number of alkyl halides is 4. The number of aliphatic imine (C=N–C) groups is 1. The molecule has 3 saturated carbocycles. The van der Waals surface area contributed by atoms with Crippen LogP contribution in [0.4, 0.5) is 17.6 Å². The minimum absolute atomic E-state index is 0.0240. The van der Waals surface area contributed by atoms with Gasteiger partial charge in [-0.15, -0.1) is 0 Å². The molecule has 2 bridgehead atoms. The number of hydrogen-bond donors (Lipinski definition) is 1. The fourth-order valence-corrected chi connectivity index (χ4v) is 8.68. The maximum atomic E-state index is 13.6. The van der Waals surface area contributed by atoms with Gasteiger partial charge in [-0.25, -0.2) is 26.0 Å². The molecule has 0 spiro atoms. The summed E-state index contributed by atoms with van der Waals surface area (Å²) in [6.45, 7) is 3.53. The summed E-state index contributed by atoms with van der Waals surface area (Å²) in [7, 11) is -4.05. The van der Waals surface area contributed by atoms with Crippen LogP contribution < -0.4 is 5.32 Å². The summed E-state index contributed by atoms with van der Waals surface area (Å²) in [5.41, 5.74) is -1.46. The molecule has 6 rings (SSSR count). The number of halogens is 6. The Labute approximate surface area is 241 Å². The zero-order chi connectivity index (χ0) is 29.3. The molecule has 1 atom stereocenters. The SMILES string of the molecule is CC1(C)N=C(C23CC(N(Cc4ccc(Cl)c(Cl)c4)S(=O)(=O)CCC(F)F)(C2)C3)N[C@H]1C(=O)N1CCC(F)(F)CC1. The summed E-state index contributed by atoms with van der Waals surface area (Å²) < 4.78 is 81.1. The molecule has 7 nitrogen and oxygen atoms in total. The van der Waals surface area contributed by atoms with Gasteiger partial charge in [0.15, 0.2) is 0 Å². The van der Waals surface area contributed by atoms with Gasteiger partial charge < -0.3 is 10.2 Å². The number of rotatable bonds is 9. The Morgan fingerprint density at radius 3 is 2.35 bits per heavy atom. The first-order chi connectivity index (χ1) is 18.5. The number of carbonyl (C=O) groups is 1. The van der Waals surface area contributed by atoms with Gasteiger partial charge in [-0.1, -0.05) is 29.3 Å². The smallest absolute Gasteiger partial charge is 0.251 e. The quantitative estimate of drug-likeness (QED) is 0.386. The van der Waals surface area contributed by atoms with Crippen LogP contribution in [0.25, 0.3) is 0 Å². The average molecular weight is 628 g/mol. The van der Waals surface area contributed by atoms with Crippen LogP contribution in [0.15, 0.2) is 23.2 Å². The van der Waals surface area contributed by atoms with Gasteiger partial charge in [0, 0.05) is 49.9 Å². The Morgan fingerprint density at radius 2 is 1.77 bits per heavy atom. The number of hydrogen-bond acceptors (Lipinski definition) is 5. The molecule has 2 aliphatic heterocycles. The largest absolute Gasteiger partial charge is 0.360 e. The number of carbonyl (C=O) groups excluding carboxylic acids is 1. The Bertz CT molecular complexity index is 1310. The van der Waals surface area contributed by atoms with E-state index in [0.29, 0.717) is 35.7 Å². The normalized spacial score (nSPS) is 30.5. The minimum Gasteiger partial charge on any atom is -0.360 e. The molecule has 0 unspecified atom stereocenters. The number of nitrogens with one attached hydrogen (secondary N) is 1. The summed E-state index contributed by atoms with van der Waals surface area (Å²) in [6.07, 6.45) is -2.99. The number of nitrogens with zero attached hydrogens (tertiary/aromatic N) is 3. The van der Waals surface area contributed by atoms with Gasteiger partial charge in [0.2, 0.25) is 22.4 Å². The number of piperidine rings is 1. The van der Waals surface area contributed by atoms with Crippen molar-refractivity contribution in [3.8, 4) is 0 Å². The molecule has 5 aliphatic rings. The molecule has 40 heavy (non-hydrogen) atoms. The van der Waals surface area contributed by atoms with Crippen LogP contribution in [-0.4, -0.2) is 77.7 Å². The van der Waals surface area contributed by atoms with Gasteiger partial charge in [0.05, 0.1) is 21.3 Å². The first kappa shape index (κ1) is 29.8. The highest BCUT2D eigenvalue weighted by Crippen LogP contribution is 2.71. The summed E-state index contributed by atoms with van der Waals surface area (Å²) in [4.78, 5) is 19.5. The Kier molecular flexibility index (Phi) is 7.45. The maximum Gasteiger partial charge on any atom is 0.251 e. The van der Waals surface area contributed by atoms with Crippen LogP contribution in [0.3, 0.4) is 0 Å². The van der Waals surface area contributed by atoms with Crippen molar-refractivity contribution in [3.05, 3.63) is 33.8 Å². The number of amides is 1. The highest BCUT2D eigenvalue weighted by atomic mass is 35.5. The number of likely N-dealkylation sites (tertiary alicyclic amines) is 1. The van der Waals surface area contributed by atoms with Crippen molar-refractivity contribution in [3.63, 3.8) is 0 Å². The molecule has 1 amide bonds. The third-order valence-corrected chi connectivity index (χ3v) is 11.4. The van der Waals surface area contributed by atoms with E-state index in [-0.39, 0.29) is 43.4 Å². The zero-order valence-electron chi connectivity index (χ0n) is 22.2. The second-order valence-electron chi connectivity index (χ2n) is 12.2. The van der Waals surface area contributed by atoms with Gasteiger partial charge in [0.25, 0.3) is 5.92 Å². The van der Waals surface area contributed by atoms with E-state index in [1.54, 1.807) is 32.0 Å². The van der Waals surface area contributed by atoms with Gasteiger partial charge in [0.1, 0.15) is 11.9 Å². The number of amidine groups is 1. The fraction of sp³-hybridized carbons (Fsp3) is 0.692. The lowest BCUT2D eigenvalue weighted by Crippen LogP contribution is -2.78. The van der Waals surface area contributed by atoms with Crippen molar-refractivity contribution in [2.45, 2.75) is 88.4 Å². The number of benzene rings is 1. The molecule has 1 aromatic rings. The molecule has 0 aromatic heterocycles. The van der Waals surface area contributed by atoms with E-state index < -0.39 is 57.1 Å². The molecule has 14 heteroatoms. The van der Waals surface area contributed by atoms with Crippen molar-refractivity contribution in [1.82, 2.24) is 14.5 Å². The summed E-state index contributed by atoms with van der Waals surface area (Å²) in [5.74, 6) is -3.12. The van der Waals surface area contributed by atoms with Crippen molar-refractivity contribution < 1.29 is 30.8 Å². The second-order valence-corrected chi connectivity index (χ2v) is 15.0. The molecule has 222 valence electrons. The first-order valence-electron chi connectivity index (χ1n) is 13.2. The van der Waals surface area contributed by atoms with Crippen LogP contribution in [0.2, 0.25) is 10.0 Å². The highest BCUT2D eigenvalue weighted by molar-refractivity contribution is 7.89. The van der Waals surface area contributed by atoms with E-state index in [9.17, 15) is 30.8 Å². The third-order valence-electron chi connectivity index (χ3n) is 8.71. The third kappa shape index (κ3) is 5.33. The van der Waals surface area contributed by atoms with Gasteiger partial charge in [-0.05, 0) is 50.8 Å². The van der Waals surface area contributed by atoms with Gasteiger partial charge >= 0.3 is 0 Å². The Hall–Kier alpha value is -1.63. The topological polar surface area (TPSA) is 82.1 Å². The van der Waals surface area contributed by atoms with Crippen LogP contribution in [0.5, 0.6) is 0 Å². The van der Waals surface area contributed by atoms with E-state index in [0.717, 1.165) is 0 Å². The van der Waals surface area contributed by atoms with E-state index in [2.05, 4.69) is 5.32 Å². The van der Waals surface area contributed by atoms with Crippen molar-refractivity contribution in [2.24, 2.45) is 10.4 Å². The molecular weight excluding hydrogens is 595 g/mol. The average Bonchev–Trinajstić information content (AvgIpc) is 3.12. The van der Waals surface area contributed by atoms with E-state index >= 15 is 0 Å². The molecule has 4 fully saturated rings. The maximum absolute atomic E-state index is 13.6. The number of sulfonamides is 1. The van der Waals surface area contributed by atoms with E-state index in [1.807, 2.05) is 0 Å². The summed E-state index contributed by atoms with van der Waals surface area (Å²) in [5, 5.41) is 3.83. The van der Waals surface area contributed by atoms with Crippen molar-refractivity contribution in [1.29, 1.82) is 0 Å². The second kappa shape index (κ2) is 9.98. The molecule has 0 radical (unpaired) electrons. The van der Waals surface area contributed by atoms with Crippen molar-refractivity contribution >= 4 is 45.0 Å². The van der Waals surface area contributed by atoms with Crippen molar-refractivity contribution in [2.75, 3.05) is 18.8 Å². The minimum atomic E-state index is -4.05.